The molecule has 5 rings (SSSR count). The number of carbonyl (C=O) groups excluding carboxylic acids is 1. The third-order valence-electron chi connectivity index (χ3n) is 7.35. The van der Waals surface area contributed by atoms with E-state index < -0.39 is 17.7 Å². The topological polar surface area (TPSA) is 48.6 Å². The first kappa shape index (κ1) is 22.8. The highest BCUT2D eigenvalue weighted by atomic mass is 19.1. The Balaban J connectivity index is 1.46. The van der Waals surface area contributed by atoms with E-state index in [4.69, 9.17) is 4.74 Å². The van der Waals surface area contributed by atoms with Crippen molar-refractivity contribution in [2.24, 2.45) is 5.92 Å². The van der Waals surface area contributed by atoms with Crippen molar-refractivity contribution in [2.75, 3.05) is 26.2 Å². The first-order valence-electron chi connectivity index (χ1n) is 12.1. The number of nitrogens with zero attached hydrogens (tertiary/aromatic N) is 2. The lowest BCUT2D eigenvalue weighted by molar-refractivity contribution is -0.133. The number of likely N-dealkylation sites (tertiary alicyclic amines) is 1. The molecular formula is C27H31F2N3O2. The molecule has 1 amide bonds. The van der Waals surface area contributed by atoms with Crippen molar-refractivity contribution in [3.8, 4) is 5.75 Å². The molecule has 1 aromatic heterocycles. The van der Waals surface area contributed by atoms with Gasteiger partial charge in [-0.1, -0.05) is 31.5 Å². The number of aromatic nitrogens is 1. The van der Waals surface area contributed by atoms with Gasteiger partial charge in [-0.15, -0.1) is 0 Å². The van der Waals surface area contributed by atoms with Gasteiger partial charge in [0, 0.05) is 61.3 Å². The molecule has 7 heteroatoms. The average Bonchev–Trinajstić information content (AvgIpc) is 3.13. The fourth-order valence-corrected chi connectivity index (χ4v) is 5.55. The van der Waals surface area contributed by atoms with E-state index in [2.05, 4.69) is 16.8 Å². The summed E-state index contributed by atoms with van der Waals surface area (Å²) in [5.74, 6) is -0.729. The minimum absolute atomic E-state index is 0.129. The summed E-state index contributed by atoms with van der Waals surface area (Å²) in [6.45, 7) is 8.77. The van der Waals surface area contributed by atoms with E-state index in [-0.39, 0.29) is 23.3 Å². The van der Waals surface area contributed by atoms with Crippen LogP contribution >= 0.6 is 0 Å². The zero-order valence-corrected chi connectivity index (χ0v) is 19.9. The van der Waals surface area contributed by atoms with Crippen LogP contribution in [0.5, 0.6) is 5.75 Å². The summed E-state index contributed by atoms with van der Waals surface area (Å²) in [6.07, 6.45) is 1.79. The SMILES string of the molecule is CCC1CN(CCOc2cc(F)c([C@@H]3c4[nH]c5ccccc5c4C[C@@H](C)N3C(C)=O)c(F)c2)C1. The first-order chi connectivity index (χ1) is 16.4. The van der Waals surface area contributed by atoms with Gasteiger partial charge < -0.3 is 14.6 Å². The lowest BCUT2D eigenvalue weighted by atomic mass is 9.88. The highest BCUT2D eigenvalue weighted by Crippen LogP contribution is 2.43. The average molecular weight is 468 g/mol. The van der Waals surface area contributed by atoms with Gasteiger partial charge in [-0.25, -0.2) is 8.78 Å². The van der Waals surface area contributed by atoms with E-state index in [0.29, 0.717) is 18.7 Å². The molecule has 0 saturated carbocycles. The van der Waals surface area contributed by atoms with Gasteiger partial charge in [0.2, 0.25) is 5.91 Å². The molecule has 3 aromatic rings. The molecule has 2 aliphatic heterocycles. The Kier molecular flexibility index (Phi) is 6.06. The van der Waals surface area contributed by atoms with E-state index in [0.717, 1.165) is 42.0 Å². The summed E-state index contributed by atoms with van der Waals surface area (Å²) in [5.41, 5.74) is 2.44. The van der Waals surface area contributed by atoms with Crippen LogP contribution in [0.2, 0.25) is 0 Å². The highest BCUT2D eigenvalue weighted by Gasteiger charge is 2.40. The molecule has 1 N–H and O–H groups in total. The van der Waals surface area contributed by atoms with Gasteiger partial charge >= 0.3 is 0 Å². The van der Waals surface area contributed by atoms with Gasteiger partial charge in [0.25, 0.3) is 0 Å². The number of aromatic amines is 1. The molecular weight excluding hydrogens is 436 g/mol. The normalized spacial score (nSPS) is 20.9. The van der Waals surface area contributed by atoms with Gasteiger partial charge in [-0.3, -0.25) is 9.69 Å². The highest BCUT2D eigenvalue weighted by molar-refractivity contribution is 5.86. The number of fused-ring (bicyclic) bond motifs is 3. The van der Waals surface area contributed by atoms with Crippen molar-refractivity contribution in [3.63, 3.8) is 0 Å². The van der Waals surface area contributed by atoms with Gasteiger partial charge in [-0.05, 0) is 30.9 Å². The number of rotatable bonds is 6. The number of halogens is 2. The van der Waals surface area contributed by atoms with Crippen LogP contribution in [0.4, 0.5) is 8.78 Å². The van der Waals surface area contributed by atoms with Gasteiger partial charge in [0.15, 0.2) is 0 Å². The quantitative estimate of drug-likeness (QED) is 0.552. The second kappa shape index (κ2) is 9.02. The molecule has 1 saturated heterocycles. The summed E-state index contributed by atoms with van der Waals surface area (Å²) in [5, 5.41) is 1.02. The molecule has 2 aliphatic rings. The fourth-order valence-electron chi connectivity index (χ4n) is 5.55. The summed E-state index contributed by atoms with van der Waals surface area (Å²) >= 11 is 0. The molecule has 0 unspecified atom stereocenters. The van der Waals surface area contributed by atoms with Crippen LogP contribution in [0.25, 0.3) is 10.9 Å². The van der Waals surface area contributed by atoms with Crippen LogP contribution in [-0.2, 0) is 11.2 Å². The minimum atomic E-state index is -0.871. The standard InChI is InChI=1S/C27H31F2N3O2/c1-4-18-14-31(15-18)9-10-34-19-12-22(28)25(23(29)13-19)27-26-21(11-16(2)32(27)17(3)33)20-7-5-6-8-24(20)30-26/h5-8,12-13,16,18,27,30H,4,9-11,14-15H2,1-3H3/t16-,27-/m1/s1. The Labute approximate surface area is 198 Å². The number of benzene rings is 2. The predicted octanol–water partition coefficient (Wildman–Crippen LogP) is 5.05. The van der Waals surface area contributed by atoms with Crippen LogP contribution in [0.1, 0.15) is 50.1 Å². The number of para-hydroxylation sites is 1. The third kappa shape index (κ3) is 3.96. The molecule has 0 bridgehead atoms. The molecule has 2 aromatic carbocycles. The molecule has 0 aliphatic carbocycles. The van der Waals surface area contributed by atoms with Crippen molar-refractivity contribution < 1.29 is 18.3 Å². The largest absolute Gasteiger partial charge is 0.492 e. The summed E-state index contributed by atoms with van der Waals surface area (Å²) in [7, 11) is 0. The Bertz CT molecular complexity index is 1190. The van der Waals surface area contributed by atoms with E-state index in [1.807, 2.05) is 31.2 Å². The van der Waals surface area contributed by atoms with Crippen molar-refractivity contribution in [3.05, 3.63) is 64.9 Å². The Morgan fingerprint density at radius 1 is 1.18 bits per heavy atom. The van der Waals surface area contributed by atoms with Crippen LogP contribution in [0.15, 0.2) is 36.4 Å². The second-order valence-electron chi connectivity index (χ2n) is 9.63. The first-order valence-corrected chi connectivity index (χ1v) is 12.1. The van der Waals surface area contributed by atoms with Crippen LogP contribution in [-0.4, -0.2) is 53.0 Å². The molecule has 180 valence electrons. The van der Waals surface area contributed by atoms with Crippen molar-refractivity contribution in [2.45, 2.75) is 45.7 Å². The minimum Gasteiger partial charge on any atom is -0.492 e. The molecule has 5 nitrogen and oxygen atoms in total. The maximum atomic E-state index is 15.5. The van der Waals surface area contributed by atoms with Gasteiger partial charge in [0.1, 0.15) is 30.0 Å². The monoisotopic (exact) mass is 467 g/mol. The smallest absolute Gasteiger partial charge is 0.220 e. The molecule has 3 heterocycles. The number of amides is 1. The maximum absolute atomic E-state index is 15.5. The number of carbonyl (C=O) groups is 1. The molecule has 1 fully saturated rings. The Hall–Kier alpha value is -2.93. The fraction of sp³-hybridized carbons (Fsp3) is 0.444. The zero-order valence-electron chi connectivity index (χ0n) is 19.9. The number of H-pyrrole nitrogens is 1. The predicted molar refractivity (Wildman–Crippen MR) is 128 cm³/mol. The lowest BCUT2D eigenvalue weighted by Gasteiger charge is -2.40. The van der Waals surface area contributed by atoms with Gasteiger partial charge in [0.05, 0.1) is 5.56 Å². The Morgan fingerprint density at radius 2 is 1.88 bits per heavy atom. The number of hydrogen-bond donors (Lipinski definition) is 1. The van der Waals surface area contributed by atoms with E-state index in [9.17, 15) is 4.79 Å². The van der Waals surface area contributed by atoms with E-state index in [1.165, 1.54) is 25.5 Å². The van der Waals surface area contributed by atoms with Crippen LogP contribution in [0, 0.1) is 17.6 Å². The second-order valence-corrected chi connectivity index (χ2v) is 9.63. The van der Waals surface area contributed by atoms with E-state index in [1.54, 1.807) is 4.90 Å². The molecule has 0 spiro atoms. The number of ether oxygens (including phenoxy) is 1. The zero-order chi connectivity index (χ0) is 24.0. The summed E-state index contributed by atoms with van der Waals surface area (Å²) in [4.78, 5) is 19.8. The van der Waals surface area contributed by atoms with Crippen LogP contribution in [0.3, 0.4) is 0 Å². The van der Waals surface area contributed by atoms with Crippen molar-refractivity contribution in [1.29, 1.82) is 0 Å². The lowest BCUT2D eigenvalue weighted by Crippen LogP contribution is -2.47. The van der Waals surface area contributed by atoms with Crippen molar-refractivity contribution >= 4 is 16.8 Å². The number of nitrogens with one attached hydrogen (secondary N) is 1. The molecule has 34 heavy (non-hydrogen) atoms. The third-order valence-corrected chi connectivity index (χ3v) is 7.35. The van der Waals surface area contributed by atoms with Crippen molar-refractivity contribution in [1.82, 2.24) is 14.8 Å². The maximum Gasteiger partial charge on any atom is 0.220 e. The molecule has 2 atom stereocenters. The summed E-state index contributed by atoms with van der Waals surface area (Å²) in [6, 6.07) is 9.22. The number of hydrogen-bond acceptors (Lipinski definition) is 3. The Morgan fingerprint density at radius 3 is 2.56 bits per heavy atom. The van der Waals surface area contributed by atoms with Crippen LogP contribution < -0.4 is 4.74 Å². The molecule has 0 radical (unpaired) electrons. The summed E-state index contributed by atoms with van der Waals surface area (Å²) < 4.78 is 36.7. The van der Waals surface area contributed by atoms with Gasteiger partial charge in [-0.2, -0.15) is 0 Å². The van der Waals surface area contributed by atoms with E-state index >= 15 is 8.78 Å².